The molecule has 1 unspecified atom stereocenters. The van der Waals surface area contributed by atoms with Gasteiger partial charge in [-0.15, -0.1) is 0 Å². The molecule has 7 nitrogen and oxygen atoms in total. The van der Waals surface area contributed by atoms with Crippen LogP contribution in [-0.4, -0.2) is 46.8 Å². The van der Waals surface area contributed by atoms with Crippen molar-refractivity contribution in [2.45, 2.75) is 45.1 Å². The second-order valence-corrected chi connectivity index (χ2v) is 5.23. The van der Waals surface area contributed by atoms with Gasteiger partial charge in [0.05, 0.1) is 19.1 Å². The molecule has 104 valence electrons. The van der Waals surface area contributed by atoms with Crippen molar-refractivity contribution in [2.75, 3.05) is 6.61 Å². The van der Waals surface area contributed by atoms with E-state index in [9.17, 15) is 14.7 Å². The van der Waals surface area contributed by atoms with E-state index in [0.29, 0.717) is 0 Å². The maximum atomic E-state index is 11.5. The Kier molecular flexibility index (Phi) is 4.53. The number of alkyl carbamates (subject to hydrolysis) is 1. The fourth-order valence-corrected chi connectivity index (χ4v) is 1.67. The van der Waals surface area contributed by atoms with Crippen LogP contribution in [0.15, 0.2) is 0 Å². The summed E-state index contributed by atoms with van der Waals surface area (Å²) in [5.41, 5.74) is -0.649. The molecule has 7 heteroatoms. The highest BCUT2D eigenvalue weighted by Crippen LogP contribution is 2.23. The summed E-state index contributed by atoms with van der Waals surface area (Å²) in [5, 5.41) is 20.7. The fourth-order valence-electron chi connectivity index (χ4n) is 1.67. The van der Waals surface area contributed by atoms with Crippen molar-refractivity contribution in [2.24, 2.45) is 5.92 Å². The monoisotopic (exact) mass is 261 g/mol. The number of aliphatic carboxylic acids is 1. The summed E-state index contributed by atoms with van der Waals surface area (Å²) < 4.78 is 10.2. The van der Waals surface area contributed by atoms with Crippen molar-refractivity contribution in [3.8, 4) is 0 Å². The first-order valence-corrected chi connectivity index (χ1v) is 5.70. The summed E-state index contributed by atoms with van der Waals surface area (Å²) in [7, 11) is 0. The number of hydrogen-bond donors (Lipinski definition) is 3. The van der Waals surface area contributed by atoms with Crippen LogP contribution in [0.5, 0.6) is 0 Å². The Morgan fingerprint density at radius 3 is 2.56 bits per heavy atom. The predicted molar refractivity (Wildman–Crippen MR) is 60.9 cm³/mol. The molecule has 0 bridgehead atoms. The molecule has 1 saturated heterocycles. The van der Waals surface area contributed by atoms with Crippen LogP contribution >= 0.6 is 0 Å². The van der Waals surface area contributed by atoms with Crippen LogP contribution < -0.4 is 5.32 Å². The number of carbonyl (C=O) groups excluding carboxylic acids is 1. The van der Waals surface area contributed by atoms with E-state index >= 15 is 0 Å². The highest BCUT2D eigenvalue weighted by atomic mass is 16.6. The number of hydrogen-bond acceptors (Lipinski definition) is 5. The van der Waals surface area contributed by atoms with Crippen LogP contribution in [0.3, 0.4) is 0 Å². The molecule has 0 spiro atoms. The molecule has 0 aromatic heterocycles. The molecule has 0 saturated carbocycles. The molecule has 1 aliphatic rings. The van der Waals surface area contributed by atoms with E-state index in [1.165, 1.54) is 0 Å². The SMILES string of the molecule is CC(C)(C)OC(=O)NC1OC[C@@H](O)[C@H]1CC(=O)O. The molecule has 3 atom stereocenters. The van der Waals surface area contributed by atoms with Gasteiger partial charge in [-0.3, -0.25) is 10.1 Å². The number of aliphatic hydroxyl groups excluding tert-OH is 1. The first-order chi connectivity index (χ1) is 8.19. The lowest BCUT2D eigenvalue weighted by atomic mass is 10.00. The van der Waals surface area contributed by atoms with E-state index in [2.05, 4.69) is 5.32 Å². The topological polar surface area (TPSA) is 105 Å². The number of carbonyl (C=O) groups is 2. The molecule has 3 N–H and O–H groups in total. The zero-order valence-corrected chi connectivity index (χ0v) is 10.7. The number of amides is 1. The van der Waals surface area contributed by atoms with Gasteiger partial charge in [-0.25, -0.2) is 4.79 Å². The van der Waals surface area contributed by atoms with Crippen molar-refractivity contribution in [3.05, 3.63) is 0 Å². The summed E-state index contributed by atoms with van der Waals surface area (Å²) in [6.07, 6.45) is -2.72. The fraction of sp³-hybridized carbons (Fsp3) is 0.818. The molecule has 1 aliphatic heterocycles. The van der Waals surface area contributed by atoms with Gasteiger partial charge in [0.2, 0.25) is 0 Å². The van der Waals surface area contributed by atoms with Crippen molar-refractivity contribution in [1.29, 1.82) is 0 Å². The quantitative estimate of drug-likeness (QED) is 0.675. The van der Waals surface area contributed by atoms with Gasteiger partial charge in [0.1, 0.15) is 11.8 Å². The van der Waals surface area contributed by atoms with Gasteiger partial charge in [-0.1, -0.05) is 0 Å². The number of rotatable bonds is 3. The van der Waals surface area contributed by atoms with Crippen LogP contribution in [0, 0.1) is 5.92 Å². The molecule has 1 fully saturated rings. The summed E-state index contributed by atoms with van der Waals surface area (Å²) in [4.78, 5) is 22.2. The molecule has 1 rings (SSSR count). The van der Waals surface area contributed by atoms with E-state index in [4.69, 9.17) is 14.6 Å². The average molecular weight is 261 g/mol. The van der Waals surface area contributed by atoms with Gasteiger partial charge in [0, 0.05) is 5.92 Å². The Hall–Kier alpha value is -1.34. The lowest BCUT2D eigenvalue weighted by molar-refractivity contribution is -0.139. The minimum atomic E-state index is -1.06. The molecule has 18 heavy (non-hydrogen) atoms. The predicted octanol–water partition coefficient (Wildman–Crippen LogP) is 0.319. The summed E-state index contributed by atoms with van der Waals surface area (Å²) in [6.45, 7) is 5.14. The van der Waals surface area contributed by atoms with Gasteiger partial charge >= 0.3 is 12.1 Å². The molecule has 0 radical (unpaired) electrons. The third-order valence-corrected chi connectivity index (χ3v) is 2.40. The van der Waals surface area contributed by atoms with E-state index < -0.39 is 35.9 Å². The molecule has 0 aromatic carbocycles. The number of aliphatic hydroxyl groups is 1. The van der Waals surface area contributed by atoms with Gasteiger partial charge in [-0.2, -0.15) is 0 Å². The van der Waals surface area contributed by atoms with E-state index in [-0.39, 0.29) is 13.0 Å². The van der Waals surface area contributed by atoms with Crippen molar-refractivity contribution in [3.63, 3.8) is 0 Å². The Balaban J connectivity index is 2.55. The van der Waals surface area contributed by atoms with Crippen LogP contribution in [0.4, 0.5) is 4.79 Å². The number of ether oxygens (including phenoxy) is 2. The number of carboxylic acids is 1. The average Bonchev–Trinajstić information content (AvgIpc) is 2.46. The first kappa shape index (κ1) is 14.7. The smallest absolute Gasteiger partial charge is 0.409 e. The molecule has 0 aliphatic carbocycles. The first-order valence-electron chi connectivity index (χ1n) is 5.70. The largest absolute Gasteiger partial charge is 0.481 e. The molecule has 1 amide bonds. The minimum Gasteiger partial charge on any atom is -0.481 e. The Labute approximate surface area is 105 Å². The maximum absolute atomic E-state index is 11.5. The second kappa shape index (κ2) is 5.53. The third-order valence-electron chi connectivity index (χ3n) is 2.40. The van der Waals surface area contributed by atoms with Gasteiger partial charge < -0.3 is 19.7 Å². The van der Waals surface area contributed by atoms with Crippen molar-refractivity contribution in [1.82, 2.24) is 5.32 Å². The molecule has 1 heterocycles. The standard InChI is InChI=1S/C11H19NO6/c1-11(2,3)18-10(16)12-9-6(4-8(14)15)7(13)5-17-9/h6-7,9,13H,4-5H2,1-3H3,(H,12,16)(H,14,15)/t6-,7-,9?/m1/s1. The highest BCUT2D eigenvalue weighted by molar-refractivity contribution is 5.69. The van der Waals surface area contributed by atoms with Crippen molar-refractivity contribution < 1.29 is 29.3 Å². The second-order valence-electron chi connectivity index (χ2n) is 5.23. The summed E-state index contributed by atoms with van der Waals surface area (Å²) in [6, 6.07) is 0. The Morgan fingerprint density at radius 1 is 1.44 bits per heavy atom. The van der Waals surface area contributed by atoms with Crippen LogP contribution in [0.2, 0.25) is 0 Å². The zero-order valence-electron chi connectivity index (χ0n) is 10.7. The number of nitrogens with one attached hydrogen (secondary N) is 1. The molecule has 0 aromatic rings. The summed E-state index contributed by atoms with van der Waals surface area (Å²) in [5.74, 6) is -1.73. The maximum Gasteiger partial charge on any atom is 0.409 e. The Bertz CT molecular complexity index is 324. The van der Waals surface area contributed by atoms with Gasteiger partial charge in [0.25, 0.3) is 0 Å². The van der Waals surface area contributed by atoms with Gasteiger partial charge in [-0.05, 0) is 20.8 Å². The molecular formula is C11H19NO6. The molecular weight excluding hydrogens is 242 g/mol. The van der Waals surface area contributed by atoms with Gasteiger partial charge in [0.15, 0.2) is 0 Å². The van der Waals surface area contributed by atoms with E-state index in [0.717, 1.165) is 0 Å². The van der Waals surface area contributed by atoms with Crippen LogP contribution in [-0.2, 0) is 14.3 Å². The van der Waals surface area contributed by atoms with E-state index in [1.807, 2.05) is 0 Å². The third kappa shape index (κ3) is 4.50. The van der Waals surface area contributed by atoms with Crippen molar-refractivity contribution >= 4 is 12.1 Å². The highest BCUT2D eigenvalue weighted by Gasteiger charge is 2.39. The Morgan fingerprint density at radius 2 is 2.06 bits per heavy atom. The van der Waals surface area contributed by atoms with Crippen LogP contribution in [0.25, 0.3) is 0 Å². The minimum absolute atomic E-state index is 0.00158. The summed E-state index contributed by atoms with van der Waals surface area (Å²) >= 11 is 0. The normalized spacial score (nSPS) is 27.9. The lowest BCUT2D eigenvalue weighted by Crippen LogP contribution is -2.43. The number of carboxylic acid groups (broad SMARTS) is 1. The van der Waals surface area contributed by atoms with Crippen LogP contribution in [0.1, 0.15) is 27.2 Å². The lowest BCUT2D eigenvalue weighted by Gasteiger charge is -2.24. The van der Waals surface area contributed by atoms with E-state index in [1.54, 1.807) is 20.8 Å². The zero-order chi connectivity index (χ0) is 13.9.